The molecule has 45 heavy (non-hydrogen) atoms. The molecule has 2 heterocycles. The molecule has 2 aromatic rings. The zero-order valence-electron chi connectivity index (χ0n) is 28.8. The topological polar surface area (TPSA) is 145 Å². The lowest BCUT2D eigenvalue weighted by atomic mass is 10.0. The minimum atomic E-state index is -4.12. The van der Waals surface area contributed by atoms with Gasteiger partial charge in [0.15, 0.2) is 20.8 Å². The van der Waals surface area contributed by atoms with Crippen LogP contribution in [0.1, 0.15) is 102 Å². The van der Waals surface area contributed by atoms with E-state index in [0.717, 1.165) is 0 Å². The standard InChI is InChI=1S/C29H50IN5O8P2/c1-25(2,3)40-44(36,41-26(4,5)6)38-16-29-15-18(29)19(35-17-32-21-22(31-13)33-24(30)34-23(21)35)14-20(29)39-45(37,42-27(7,8)9)43-28(10,11)12/h17-20H,14-16H2,1-13H3,(H,31,33,34)/t18-,19+,20+,29-/m1/s1. The van der Waals surface area contributed by atoms with Crippen LogP contribution in [0, 0.1) is 15.2 Å². The van der Waals surface area contributed by atoms with Gasteiger partial charge < -0.3 is 9.88 Å². The van der Waals surface area contributed by atoms with E-state index >= 15 is 0 Å². The lowest BCUT2D eigenvalue weighted by molar-refractivity contribution is -0.0352. The van der Waals surface area contributed by atoms with Crippen LogP contribution in [0.25, 0.3) is 11.2 Å². The third kappa shape index (κ3) is 9.26. The molecular formula is C29H50IN5O8P2. The van der Waals surface area contributed by atoms with Crippen molar-refractivity contribution < 1.29 is 36.3 Å². The summed E-state index contributed by atoms with van der Waals surface area (Å²) in [5, 5.41) is 3.10. The van der Waals surface area contributed by atoms with Crippen molar-refractivity contribution >= 4 is 55.2 Å². The zero-order chi connectivity index (χ0) is 34.0. The molecule has 0 bridgehead atoms. The third-order valence-electron chi connectivity index (χ3n) is 7.02. The summed E-state index contributed by atoms with van der Waals surface area (Å²) in [6.45, 7) is 21.5. The average molecular weight is 786 g/mol. The van der Waals surface area contributed by atoms with E-state index in [-0.39, 0.29) is 18.6 Å². The van der Waals surface area contributed by atoms with Gasteiger partial charge in [0.05, 0.1) is 41.4 Å². The van der Waals surface area contributed by atoms with Crippen LogP contribution >= 0.6 is 38.2 Å². The summed E-state index contributed by atoms with van der Waals surface area (Å²) in [5.41, 5.74) is -2.62. The Kier molecular flexibility index (Phi) is 10.2. The van der Waals surface area contributed by atoms with E-state index in [1.165, 1.54) is 0 Å². The second kappa shape index (κ2) is 12.3. The van der Waals surface area contributed by atoms with Crippen molar-refractivity contribution in [3.05, 3.63) is 10.2 Å². The van der Waals surface area contributed by atoms with Gasteiger partial charge in [-0.2, -0.15) is 0 Å². The van der Waals surface area contributed by atoms with Crippen LogP contribution < -0.4 is 5.32 Å². The molecule has 1 N–H and O–H groups in total. The second-order valence-corrected chi connectivity index (χ2v) is 19.8. The summed E-state index contributed by atoms with van der Waals surface area (Å²) in [5.74, 6) is 0.613. The van der Waals surface area contributed by atoms with Crippen LogP contribution in [-0.4, -0.2) is 61.7 Å². The molecule has 0 aliphatic heterocycles. The number of rotatable bonds is 11. The highest BCUT2D eigenvalue weighted by molar-refractivity contribution is 14.1. The van der Waals surface area contributed by atoms with Crippen LogP contribution in [0.3, 0.4) is 0 Å². The van der Waals surface area contributed by atoms with Crippen molar-refractivity contribution in [2.24, 2.45) is 11.3 Å². The van der Waals surface area contributed by atoms with Crippen molar-refractivity contribution in [3.63, 3.8) is 0 Å². The molecule has 16 heteroatoms. The Morgan fingerprint density at radius 1 is 0.889 bits per heavy atom. The van der Waals surface area contributed by atoms with Crippen molar-refractivity contribution in [1.29, 1.82) is 0 Å². The molecule has 2 fully saturated rings. The van der Waals surface area contributed by atoms with Crippen molar-refractivity contribution in [2.45, 2.75) is 130 Å². The number of halogens is 1. The van der Waals surface area contributed by atoms with Crippen molar-refractivity contribution in [3.8, 4) is 0 Å². The molecule has 0 radical (unpaired) electrons. The number of anilines is 1. The molecule has 2 aliphatic carbocycles. The van der Waals surface area contributed by atoms with E-state index in [2.05, 4.69) is 37.9 Å². The SMILES string of the molecule is CNc1nc(I)nc2c1ncn2[C@H]1C[C@H](OP(=O)(OC(C)(C)C)OC(C)(C)C)[C@@]2(COP(=O)(OC(C)(C)C)OC(C)(C)C)C[C@H]12. The van der Waals surface area contributed by atoms with Gasteiger partial charge in [0.25, 0.3) is 0 Å². The number of hydrogen-bond donors (Lipinski definition) is 1. The fraction of sp³-hybridized carbons (Fsp3) is 0.828. The first-order chi connectivity index (χ1) is 20.3. The maximum absolute atomic E-state index is 14.4. The largest absolute Gasteiger partial charge is 0.476 e. The van der Waals surface area contributed by atoms with Gasteiger partial charge in [-0.15, -0.1) is 0 Å². The monoisotopic (exact) mass is 785 g/mol. The Bertz CT molecular complexity index is 1450. The van der Waals surface area contributed by atoms with Crippen molar-refractivity contribution in [2.75, 3.05) is 19.0 Å². The summed E-state index contributed by atoms with van der Waals surface area (Å²) in [6.07, 6.45) is 2.17. The van der Waals surface area contributed by atoms with Gasteiger partial charge >= 0.3 is 15.6 Å². The maximum Gasteiger partial charge on any atom is 0.476 e. The molecule has 2 aromatic heterocycles. The Morgan fingerprint density at radius 2 is 1.40 bits per heavy atom. The molecule has 4 rings (SSSR count). The summed E-state index contributed by atoms with van der Waals surface area (Å²) < 4.78 is 67.5. The molecule has 0 saturated heterocycles. The summed E-state index contributed by atoms with van der Waals surface area (Å²) in [4.78, 5) is 13.8. The highest BCUT2D eigenvalue weighted by atomic mass is 127. The Labute approximate surface area is 281 Å². The number of fused-ring (bicyclic) bond motifs is 2. The Balaban J connectivity index is 1.75. The number of nitrogens with one attached hydrogen (secondary N) is 1. The minimum Gasteiger partial charge on any atom is -0.371 e. The van der Waals surface area contributed by atoms with Crippen LogP contribution in [0.2, 0.25) is 0 Å². The molecule has 256 valence electrons. The quantitative estimate of drug-likeness (QED) is 0.133. The van der Waals surface area contributed by atoms with Gasteiger partial charge in [-0.3, -0.25) is 27.1 Å². The van der Waals surface area contributed by atoms with Gasteiger partial charge in [0.2, 0.25) is 0 Å². The first-order valence-corrected chi connectivity index (χ1v) is 19.2. The lowest BCUT2D eigenvalue weighted by Gasteiger charge is -2.35. The van der Waals surface area contributed by atoms with Gasteiger partial charge in [-0.1, -0.05) is 0 Å². The number of hydrogen-bond acceptors (Lipinski definition) is 12. The molecular weight excluding hydrogens is 735 g/mol. The van der Waals surface area contributed by atoms with Crippen LogP contribution in [-0.2, 0) is 36.3 Å². The predicted octanol–water partition coefficient (Wildman–Crippen LogP) is 8.30. The molecule has 4 atom stereocenters. The number of phosphoric ester groups is 2. The van der Waals surface area contributed by atoms with E-state index in [9.17, 15) is 9.13 Å². The molecule has 2 aliphatic rings. The van der Waals surface area contributed by atoms with Gasteiger partial charge in [0, 0.05) is 41.1 Å². The average Bonchev–Trinajstić information content (AvgIpc) is 3.26. The molecule has 0 unspecified atom stereocenters. The normalized spacial score (nSPS) is 24.7. The third-order valence-corrected chi connectivity index (χ3v) is 11.5. The summed E-state index contributed by atoms with van der Waals surface area (Å²) in [7, 11) is -6.37. The van der Waals surface area contributed by atoms with E-state index in [0.29, 0.717) is 33.7 Å². The number of nitrogens with zero attached hydrogens (tertiary/aromatic N) is 4. The Morgan fingerprint density at radius 3 is 1.89 bits per heavy atom. The second-order valence-electron chi connectivity index (χ2n) is 15.8. The van der Waals surface area contributed by atoms with Gasteiger partial charge in [0.1, 0.15) is 0 Å². The fourth-order valence-electron chi connectivity index (χ4n) is 5.71. The fourth-order valence-corrected chi connectivity index (χ4v) is 10.1. The first-order valence-electron chi connectivity index (χ1n) is 15.2. The molecule has 0 aromatic carbocycles. The van der Waals surface area contributed by atoms with E-state index in [4.69, 9.17) is 32.1 Å². The van der Waals surface area contributed by atoms with Crippen LogP contribution in [0.5, 0.6) is 0 Å². The molecule has 0 amide bonds. The van der Waals surface area contributed by atoms with Crippen LogP contribution in [0.4, 0.5) is 5.82 Å². The maximum atomic E-state index is 14.4. The number of aromatic nitrogens is 4. The highest BCUT2D eigenvalue weighted by Crippen LogP contribution is 2.73. The van der Waals surface area contributed by atoms with E-state index < -0.39 is 49.6 Å². The van der Waals surface area contributed by atoms with Crippen LogP contribution in [0.15, 0.2) is 6.33 Å². The van der Waals surface area contributed by atoms with Gasteiger partial charge in [-0.25, -0.2) is 24.1 Å². The van der Waals surface area contributed by atoms with E-state index in [1.54, 1.807) is 96.5 Å². The summed E-state index contributed by atoms with van der Waals surface area (Å²) in [6, 6.07) is -0.150. The molecule has 13 nitrogen and oxygen atoms in total. The minimum absolute atomic E-state index is 0.0130. The zero-order valence-corrected chi connectivity index (χ0v) is 32.7. The van der Waals surface area contributed by atoms with Gasteiger partial charge in [-0.05, 0) is 102 Å². The smallest absolute Gasteiger partial charge is 0.371 e. The number of imidazole rings is 1. The number of phosphoric acid groups is 2. The molecule has 2 saturated carbocycles. The van der Waals surface area contributed by atoms with Crippen molar-refractivity contribution in [1.82, 2.24) is 19.5 Å². The molecule has 0 spiro atoms. The summed E-state index contributed by atoms with van der Waals surface area (Å²) >= 11 is 2.09. The van der Waals surface area contributed by atoms with E-state index in [1.807, 2.05) is 4.57 Å². The highest BCUT2D eigenvalue weighted by Gasteiger charge is 2.70. The first kappa shape index (κ1) is 37.1. The Hall–Kier alpha value is -0.700. The lowest BCUT2D eigenvalue weighted by Crippen LogP contribution is -2.32. The predicted molar refractivity (Wildman–Crippen MR) is 181 cm³/mol.